The van der Waals surface area contributed by atoms with Crippen LogP contribution in [0.4, 0.5) is 0 Å². The Morgan fingerprint density at radius 2 is 2.27 bits per heavy atom. The number of hydrogen-bond acceptors (Lipinski definition) is 4. The van der Waals surface area contributed by atoms with Gasteiger partial charge in [0, 0.05) is 18.7 Å². The van der Waals surface area contributed by atoms with Crippen molar-refractivity contribution < 1.29 is 9.63 Å². The van der Waals surface area contributed by atoms with Gasteiger partial charge in [0.05, 0.1) is 5.71 Å². The van der Waals surface area contributed by atoms with E-state index < -0.39 is 5.97 Å². The van der Waals surface area contributed by atoms with Crippen molar-refractivity contribution >= 4 is 11.7 Å². The Balaban J connectivity index is 3.05. The predicted octanol–water partition coefficient (Wildman–Crippen LogP) is 1.48. The summed E-state index contributed by atoms with van der Waals surface area (Å²) >= 11 is 0. The molecule has 0 spiro atoms. The molecule has 0 atom stereocenters. The number of aryl methyl sites for hydroxylation is 1. The van der Waals surface area contributed by atoms with Gasteiger partial charge in [0.2, 0.25) is 0 Å². The second-order valence-electron chi connectivity index (χ2n) is 3.09. The summed E-state index contributed by atoms with van der Waals surface area (Å²) in [5.74, 6) is -0.485. The number of nitrogens with one attached hydrogen (secondary N) is 1. The minimum Gasteiger partial charge on any atom is -0.352 e. The summed E-state index contributed by atoms with van der Waals surface area (Å²) in [6.45, 7) is 4.80. The minimum atomic E-state index is -0.485. The average Bonchev–Trinajstić information content (AvgIpc) is 2.56. The van der Waals surface area contributed by atoms with Crippen LogP contribution >= 0.6 is 0 Å². The molecule has 1 N–H and O–H groups in total. The van der Waals surface area contributed by atoms with E-state index in [4.69, 9.17) is 5.26 Å². The smallest absolute Gasteiger partial charge is 0.331 e. The first kappa shape index (κ1) is 11.0. The summed E-state index contributed by atoms with van der Waals surface area (Å²) in [6, 6.07) is 2.01. The maximum Gasteiger partial charge on any atom is 0.331 e. The predicted molar refractivity (Wildman–Crippen MR) is 54.2 cm³/mol. The van der Waals surface area contributed by atoms with E-state index in [1.54, 1.807) is 13.1 Å². The molecular formula is C10H11N3O2. The minimum absolute atomic E-state index is 0.418. The van der Waals surface area contributed by atoms with Crippen LogP contribution in [0.5, 0.6) is 0 Å². The molecule has 0 unspecified atom stereocenters. The normalized spacial score (nSPS) is 10.9. The molecule has 0 saturated heterocycles. The van der Waals surface area contributed by atoms with Gasteiger partial charge in [0.15, 0.2) is 0 Å². The second kappa shape index (κ2) is 4.42. The number of H-pyrrole nitrogens is 1. The van der Waals surface area contributed by atoms with Crippen LogP contribution in [0, 0.1) is 18.3 Å². The van der Waals surface area contributed by atoms with Crippen LogP contribution in [0.15, 0.2) is 11.4 Å². The molecule has 0 amide bonds. The maximum absolute atomic E-state index is 10.6. The molecule has 0 aliphatic carbocycles. The van der Waals surface area contributed by atoms with E-state index in [9.17, 15) is 4.79 Å². The van der Waals surface area contributed by atoms with Gasteiger partial charge in [-0.25, -0.2) is 4.79 Å². The number of nitriles is 1. The van der Waals surface area contributed by atoms with Crippen molar-refractivity contribution in [1.29, 1.82) is 5.26 Å². The molecule has 1 aromatic rings. The maximum atomic E-state index is 10.6. The van der Waals surface area contributed by atoms with Crippen LogP contribution in [-0.4, -0.2) is 16.7 Å². The van der Waals surface area contributed by atoms with Gasteiger partial charge in [-0.15, -0.1) is 0 Å². The van der Waals surface area contributed by atoms with Gasteiger partial charge in [-0.3, -0.25) is 0 Å². The first-order chi connectivity index (χ1) is 7.06. The van der Waals surface area contributed by atoms with E-state index in [0.29, 0.717) is 17.0 Å². The fraction of sp³-hybridized carbons (Fsp3) is 0.300. The Hall–Kier alpha value is -2.09. The van der Waals surface area contributed by atoms with Gasteiger partial charge in [-0.05, 0) is 19.4 Å². The number of oxime groups is 1. The largest absolute Gasteiger partial charge is 0.352 e. The molecular weight excluding hydrogens is 194 g/mol. The molecule has 5 heteroatoms. The van der Waals surface area contributed by atoms with Gasteiger partial charge >= 0.3 is 5.97 Å². The third-order valence-electron chi connectivity index (χ3n) is 1.86. The summed E-state index contributed by atoms with van der Waals surface area (Å²) in [5, 5.41) is 12.4. The van der Waals surface area contributed by atoms with Crippen molar-refractivity contribution in [3.8, 4) is 6.07 Å². The Morgan fingerprint density at radius 1 is 1.60 bits per heavy atom. The molecule has 1 rings (SSSR count). The Labute approximate surface area is 87.3 Å². The zero-order valence-corrected chi connectivity index (χ0v) is 8.79. The summed E-state index contributed by atoms with van der Waals surface area (Å²) in [4.78, 5) is 17.9. The molecule has 0 aliphatic rings. The molecule has 1 aromatic heterocycles. The van der Waals surface area contributed by atoms with Crippen molar-refractivity contribution in [2.75, 3.05) is 0 Å². The molecule has 0 bridgehead atoms. The SMILES string of the molecule is CC(=O)ON=C(C)c1c(C)c[nH]c1C#N. The highest BCUT2D eigenvalue weighted by Gasteiger charge is 2.11. The molecule has 0 aromatic carbocycles. The van der Waals surface area contributed by atoms with Crippen LogP contribution in [0.25, 0.3) is 0 Å². The van der Waals surface area contributed by atoms with E-state index in [-0.39, 0.29) is 0 Å². The van der Waals surface area contributed by atoms with Gasteiger partial charge in [0.25, 0.3) is 0 Å². The van der Waals surface area contributed by atoms with Crippen LogP contribution in [0.3, 0.4) is 0 Å². The number of aromatic amines is 1. The molecule has 15 heavy (non-hydrogen) atoms. The van der Waals surface area contributed by atoms with E-state index >= 15 is 0 Å². The zero-order chi connectivity index (χ0) is 11.4. The molecule has 0 aliphatic heterocycles. The van der Waals surface area contributed by atoms with Gasteiger partial charge in [0.1, 0.15) is 11.8 Å². The summed E-state index contributed by atoms with van der Waals surface area (Å²) in [6.07, 6.45) is 1.71. The summed E-state index contributed by atoms with van der Waals surface area (Å²) < 4.78 is 0. The number of nitrogens with zero attached hydrogens (tertiary/aromatic N) is 2. The van der Waals surface area contributed by atoms with Crippen LogP contribution < -0.4 is 0 Å². The molecule has 5 nitrogen and oxygen atoms in total. The zero-order valence-electron chi connectivity index (χ0n) is 8.79. The number of carbonyl (C=O) groups is 1. The van der Waals surface area contributed by atoms with E-state index in [1.807, 2.05) is 13.0 Å². The number of hydrogen-bond donors (Lipinski definition) is 1. The highest BCUT2D eigenvalue weighted by Crippen LogP contribution is 2.13. The monoisotopic (exact) mass is 205 g/mol. The highest BCUT2D eigenvalue weighted by molar-refractivity contribution is 6.01. The van der Waals surface area contributed by atoms with Crippen molar-refractivity contribution in [2.24, 2.45) is 5.16 Å². The average molecular weight is 205 g/mol. The lowest BCUT2D eigenvalue weighted by atomic mass is 10.1. The Kier molecular flexibility index (Phi) is 3.24. The lowest BCUT2D eigenvalue weighted by Crippen LogP contribution is -2.01. The summed E-state index contributed by atoms with van der Waals surface area (Å²) in [5.41, 5.74) is 2.49. The molecule has 0 radical (unpaired) electrons. The molecule has 0 fully saturated rings. The first-order valence-electron chi connectivity index (χ1n) is 4.37. The quantitative estimate of drug-likeness (QED) is 0.451. The van der Waals surface area contributed by atoms with Crippen LogP contribution in [-0.2, 0) is 9.63 Å². The van der Waals surface area contributed by atoms with Gasteiger partial charge < -0.3 is 9.82 Å². The van der Waals surface area contributed by atoms with E-state index in [2.05, 4.69) is 15.0 Å². The van der Waals surface area contributed by atoms with E-state index in [0.717, 1.165) is 5.56 Å². The fourth-order valence-corrected chi connectivity index (χ4v) is 1.25. The van der Waals surface area contributed by atoms with Crippen molar-refractivity contribution in [3.05, 3.63) is 23.0 Å². The third-order valence-corrected chi connectivity index (χ3v) is 1.86. The van der Waals surface area contributed by atoms with Crippen LogP contribution in [0.2, 0.25) is 0 Å². The summed E-state index contributed by atoms with van der Waals surface area (Å²) in [7, 11) is 0. The van der Waals surface area contributed by atoms with Gasteiger partial charge in [-0.1, -0.05) is 5.16 Å². The lowest BCUT2D eigenvalue weighted by molar-refractivity contribution is -0.140. The Morgan fingerprint density at radius 3 is 2.80 bits per heavy atom. The third kappa shape index (κ3) is 2.44. The highest BCUT2D eigenvalue weighted by atomic mass is 16.7. The van der Waals surface area contributed by atoms with Crippen molar-refractivity contribution in [1.82, 2.24) is 4.98 Å². The second-order valence-corrected chi connectivity index (χ2v) is 3.09. The van der Waals surface area contributed by atoms with Crippen molar-refractivity contribution in [3.63, 3.8) is 0 Å². The molecule has 78 valence electrons. The Bertz CT molecular complexity index is 452. The van der Waals surface area contributed by atoms with Gasteiger partial charge in [-0.2, -0.15) is 5.26 Å². The number of rotatable bonds is 2. The van der Waals surface area contributed by atoms with E-state index in [1.165, 1.54) is 6.92 Å². The molecule has 1 heterocycles. The topological polar surface area (TPSA) is 78.2 Å². The number of carbonyl (C=O) groups excluding carboxylic acids is 1. The first-order valence-corrected chi connectivity index (χ1v) is 4.37. The van der Waals surface area contributed by atoms with Crippen LogP contribution in [0.1, 0.15) is 30.7 Å². The van der Waals surface area contributed by atoms with Crippen molar-refractivity contribution in [2.45, 2.75) is 20.8 Å². The fourth-order valence-electron chi connectivity index (χ4n) is 1.25. The standard InChI is InChI=1S/C10H11N3O2/c1-6-5-12-9(4-11)10(6)7(2)13-15-8(3)14/h5,12H,1-3H3. The number of aromatic nitrogens is 1. The molecule has 0 saturated carbocycles. The lowest BCUT2D eigenvalue weighted by Gasteiger charge is -1.99.